The largest absolute Gasteiger partial charge is 0.489 e. The van der Waals surface area contributed by atoms with Crippen LogP contribution in [0, 0.1) is 11.3 Å². The minimum Gasteiger partial charge on any atom is -0.489 e. The summed E-state index contributed by atoms with van der Waals surface area (Å²) in [4.78, 5) is 0. The van der Waals surface area contributed by atoms with Gasteiger partial charge < -0.3 is 10.5 Å². The van der Waals surface area contributed by atoms with E-state index in [1.165, 1.54) is 0 Å². The van der Waals surface area contributed by atoms with E-state index in [0.29, 0.717) is 23.7 Å². The molecule has 2 aromatic carbocycles. The highest BCUT2D eigenvalue weighted by atomic mass is 79.9. The average Bonchev–Trinajstić information content (AvgIpc) is 2.47. The van der Waals surface area contributed by atoms with Crippen molar-refractivity contribution in [3.05, 3.63) is 62.6 Å². The number of halogens is 2. The monoisotopic (exact) mass is 350 g/mol. The minimum absolute atomic E-state index is 0.343. The summed E-state index contributed by atoms with van der Waals surface area (Å²) >= 11 is 9.53. The zero-order chi connectivity index (χ0) is 14.5. The van der Waals surface area contributed by atoms with E-state index in [1.807, 2.05) is 24.3 Å². The third kappa shape index (κ3) is 3.51. The Hall–Kier alpha value is -1.54. The van der Waals surface area contributed by atoms with Crippen molar-refractivity contribution in [2.45, 2.75) is 13.2 Å². The van der Waals surface area contributed by atoms with Crippen LogP contribution in [0.2, 0.25) is 5.02 Å². The van der Waals surface area contributed by atoms with Gasteiger partial charge in [-0.25, -0.2) is 0 Å². The molecule has 2 N–H and O–H groups in total. The number of hydrogen-bond donors (Lipinski definition) is 1. The van der Waals surface area contributed by atoms with Crippen LogP contribution in [0.15, 0.2) is 40.9 Å². The molecule has 2 rings (SSSR count). The lowest BCUT2D eigenvalue weighted by Crippen LogP contribution is -2.00. The molecule has 0 atom stereocenters. The summed E-state index contributed by atoms with van der Waals surface area (Å²) in [5.74, 6) is 0.731. The van der Waals surface area contributed by atoms with Crippen molar-refractivity contribution in [1.29, 1.82) is 5.26 Å². The lowest BCUT2D eigenvalue weighted by molar-refractivity contribution is 0.306. The Morgan fingerprint density at radius 3 is 2.65 bits per heavy atom. The maximum atomic E-state index is 8.79. The quantitative estimate of drug-likeness (QED) is 0.905. The maximum Gasteiger partial charge on any atom is 0.120 e. The number of rotatable bonds is 4. The Balaban J connectivity index is 2.11. The van der Waals surface area contributed by atoms with Crippen LogP contribution in [0.5, 0.6) is 5.75 Å². The fraction of sp³-hybridized carbons (Fsp3) is 0.133. The summed E-state index contributed by atoms with van der Waals surface area (Å²) in [5, 5.41) is 9.32. The van der Waals surface area contributed by atoms with E-state index < -0.39 is 0 Å². The summed E-state index contributed by atoms with van der Waals surface area (Å²) in [6, 6.07) is 12.8. The normalized spacial score (nSPS) is 10.1. The molecular weight excluding hydrogens is 340 g/mol. The van der Waals surface area contributed by atoms with Gasteiger partial charge in [0.2, 0.25) is 0 Å². The molecule has 5 heteroatoms. The first-order valence-electron chi connectivity index (χ1n) is 5.94. The van der Waals surface area contributed by atoms with Gasteiger partial charge in [-0.1, -0.05) is 33.6 Å². The number of benzene rings is 2. The fourth-order valence-corrected chi connectivity index (χ4v) is 2.34. The van der Waals surface area contributed by atoms with Gasteiger partial charge in [0.05, 0.1) is 11.6 Å². The van der Waals surface area contributed by atoms with Crippen molar-refractivity contribution in [1.82, 2.24) is 0 Å². The van der Waals surface area contributed by atoms with Crippen LogP contribution in [-0.4, -0.2) is 0 Å². The van der Waals surface area contributed by atoms with Gasteiger partial charge >= 0.3 is 0 Å². The maximum absolute atomic E-state index is 8.79. The zero-order valence-corrected chi connectivity index (χ0v) is 12.9. The molecule has 0 aromatic heterocycles. The lowest BCUT2D eigenvalue weighted by Gasteiger charge is -2.10. The molecule has 102 valence electrons. The third-order valence-electron chi connectivity index (χ3n) is 2.81. The van der Waals surface area contributed by atoms with Crippen molar-refractivity contribution in [3.63, 3.8) is 0 Å². The Morgan fingerprint density at radius 2 is 2.00 bits per heavy atom. The van der Waals surface area contributed by atoms with Crippen LogP contribution in [0.3, 0.4) is 0 Å². The number of ether oxygens (including phenoxy) is 1. The van der Waals surface area contributed by atoms with E-state index in [9.17, 15) is 0 Å². The molecule has 0 aliphatic carbocycles. The summed E-state index contributed by atoms with van der Waals surface area (Å²) in [5.41, 5.74) is 8.00. The first kappa shape index (κ1) is 14.9. The standard InChI is InChI=1S/C15H12BrClN2O/c16-14-4-3-13(6-12(14)8-19)20-9-11-2-1-10(7-18)5-15(11)17/h1-6H,8-9,19H2. The van der Waals surface area contributed by atoms with E-state index >= 15 is 0 Å². The van der Waals surface area contributed by atoms with Gasteiger partial charge in [-0.2, -0.15) is 5.26 Å². The van der Waals surface area contributed by atoms with Crippen LogP contribution in [-0.2, 0) is 13.2 Å². The van der Waals surface area contributed by atoms with Gasteiger partial charge in [0, 0.05) is 21.6 Å². The summed E-state index contributed by atoms with van der Waals surface area (Å²) in [6.45, 7) is 0.783. The highest BCUT2D eigenvalue weighted by Gasteiger charge is 2.05. The van der Waals surface area contributed by atoms with E-state index in [0.717, 1.165) is 21.3 Å². The molecular formula is C15H12BrClN2O. The molecule has 0 aliphatic rings. The Kier molecular flexibility index (Phi) is 5.02. The van der Waals surface area contributed by atoms with Crippen molar-refractivity contribution in [3.8, 4) is 11.8 Å². The van der Waals surface area contributed by atoms with Gasteiger partial charge in [0.25, 0.3) is 0 Å². The van der Waals surface area contributed by atoms with Crippen molar-refractivity contribution in [2.24, 2.45) is 5.73 Å². The predicted molar refractivity (Wildman–Crippen MR) is 82.5 cm³/mol. The fourth-order valence-electron chi connectivity index (χ4n) is 1.69. The molecule has 20 heavy (non-hydrogen) atoms. The number of hydrogen-bond acceptors (Lipinski definition) is 3. The van der Waals surface area contributed by atoms with Crippen LogP contribution in [0.1, 0.15) is 16.7 Å². The molecule has 0 bridgehead atoms. The molecule has 0 heterocycles. The number of nitriles is 1. The highest BCUT2D eigenvalue weighted by Crippen LogP contribution is 2.24. The number of nitrogens with two attached hydrogens (primary N) is 1. The zero-order valence-electron chi connectivity index (χ0n) is 10.6. The molecule has 0 saturated heterocycles. The molecule has 0 spiro atoms. The Bertz CT molecular complexity index is 667. The first-order chi connectivity index (χ1) is 9.63. The molecule has 0 radical (unpaired) electrons. The smallest absolute Gasteiger partial charge is 0.120 e. The third-order valence-corrected chi connectivity index (χ3v) is 3.94. The van der Waals surface area contributed by atoms with E-state index in [2.05, 4.69) is 15.9 Å². The molecule has 0 saturated carbocycles. The molecule has 0 aliphatic heterocycles. The van der Waals surface area contributed by atoms with Crippen molar-refractivity contribution < 1.29 is 4.74 Å². The predicted octanol–water partition coefficient (Wildman–Crippen LogP) is 4.01. The lowest BCUT2D eigenvalue weighted by atomic mass is 10.1. The van der Waals surface area contributed by atoms with Gasteiger partial charge in [0.15, 0.2) is 0 Å². The van der Waals surface area contributed by atoms with Crippen LogP contribution >= 0.6 is 27.5 Å². The molecule has 0 fully saturated rings. The Morgan fingerprint density at radius 1 is 1.20 bits per heavy atom. The SMILES string of the molecule is N#Cc1ccc(COc2ccc(Br)c(CN)c2)c(Cl)c1. The first-order valence-corrected chi connectivity index (χ1v) is 7.11. The average molecular weight is 352 g/mol. The van der Waals surface area contributed by atoms with Crippen molar-refractivity contribution >= 4 is 27.5 Å². The topological polar surface area (TPSA) is 59.0 Å². The van der Waals surface area contributed by atoms with Gasteiger partial charge in [-0.05, 0) is 35.9 Å². The van der Waals surface area contributed by atoms with Crippen molar-refractivity contribution in [2.75, 3.05) is 0 Å². The molecule has 3 nitrogen and oxygen atoms in total. The highest BCUT2D eigenvalue weighted by molar-refractivity contribution is 9.10. The van der Waals surface area contributed by atoms with E-state index in [1.54, 1.807) is 18.2 Å². The molecule has 0 unspecified atom stereocenters. The van der Waals surface area contributed by atoms with E-state index in [4.69, 9.17) is 27.3 Å². The van der Waals surface area contributed by atoms with Gasteiger partial charge in [0.1, 0.15) is 12.4 Å². The Labute approximate surface area is 131 Å². The van der Waals surface area contributed by atoms with Gasteiger partial charge in [-0.3, -0.25) is 0 Å². The summed E-state index contributed by atoms with van der Waals surface area (Å²) in [6.07, 6.45) is 0. The van der Waals surface area contributed by atoms with Gasteiger partial charge in [-0.15, -0.1) is 0 Å². The van der Waals surface area contributed by atoms with Crippen LogP contribution < -0.4 is 10.5 Å². The second-order valence-electron chi connectivity index (χ2n) is 4.16. The summed E-state index contributed by atoms with van der Waals surface area (Å²) < 4.78 is 6.66. The second-order valence-corrected chi connectivity index (χ2v) is 5.43. The number of nitrogens with zero attached hydrogens (tertiary/aromatic N) is 1. The van der Waals surface area contributed by atoms with E-state index in [-0.39, 0.29) is 0 Å². The molecule has 2 aromatic rings. The van der Waals surface area contributed by atoms with Crippen LogP contribution in [0.25, 0.3) is 0 Å². The summed E-state index contributed by atoms with van der Waals surface area (Å²) in [7, 11) is 0. The molecule has 0 amide bonds. The minimum atomic E-state index is 0.343. The van der Waals surface area contributed by atoms with Crippen LogP contribution in [0.4, 0.5) is 0 Å². The second kappa shape index (κ2) is 6.76.